The normalized spacial score (nSPS) is 19.9. The molecule has 3 rings (SSSR count). The summed E-state index contributed by atoms with van der Waals surface area (Å²) in [6.07, 6.45) is 2.35. The SMILES string of the molecule is Cc1cccc(C)c1NC(=O)CN(C)C(=O)[C@H]1CC(=O)N(C2CC2)C1. The second-order valence-corrected chi connectivity index (χ2v) is 7.19. The Kier molecular flexibility index (Phi) is 4.79. The van der Waals surface area contributed by atoms with Crippen molar-refractivity contribution in [2.24, 2.45) is 5.92 Å². The summed E-state index contributed by atoms with van der Waals surface area (Å²) in [4.78, 5) is 40.1. The first-order chi connectivity index (χ1) is 11.9. The van der Waals surface area contributed by atoms with Crippen LogP contribution in [0.3, 0.4) is 0 Å². The van der Waals surface area contributed by atoms with Gasteiger partial charge in [0.05, 0.1) is 12.5 Å². The summed E-state index contributed by atoms with van der Waals surface area (Å²) in [7, 11) is 1.62. The lowest BCUT2D eigenvalue weighted by atomic mass is 10.1. The standard InChI is InChI=1S/C19H25N3O3/c1-12-5-4-6-13(2)18(12)20-16(23)11-21(3)19(25)14-9-17(24)22(10-14)15-7-8-15/h4-6,14-15H,7-11H2,1-3H3,(H,20,23)/t14-/m0/s1. The second kappa shape index (κ2) is 6.86. The predicted molar refractivity (Wildman–Crippen MR) is 95.0 cm³/mol. The summed E-state index contributed by atoms with van der Waals surface area (Å²) >= 11 is 0. The zero-order valence-electron chi connectivity index (χ0n) is 15.0. The smallest absolute Gasteiger partial charge is 0.243 e. The van der Waals surface area contributed by atoms with E-state index in [0.29, 0.717) is 12.6 Å². The number of nitrogens with zero attached hydrogens (tertiary/aromatic N) is 2. The third kappa shape index (κ3) is 3.83. The Morgan fingerprint density at radius 1 is 1.24 bits per heavy atom. The van der Waals surface area contributed by atoms with Gasteiger partial charge in [-0.1, -0.05) is 18.2 Å². The quantitative estimate of drug-likeness (QED) is 0.885. The van der Waals surface area contributed by atoms with Crippen molar-refractivity contribution in [1.29, 1.82) is 0 Å². The molecule has 25 heavy (non-hydrogen) atoms. The van der Waals surface area contributed by atoms with Gasteiger partial charge in [-0.25, -0.2) is 0 Å². The van der Waals surface area contributed by atoms with E-state index >= 15 is 0 Å². The molecule has 2 fully saturated rings. The van der Waals surface area contributed by atoms with Gasteiger partial charge in [-0.05, 0) is 37.8 Å². The van der Waals surface area contributed by atoms with Crippen LogP contribution in [0.1, 0.15) is 30.4 Å². The van der Waals surface area contributed by atoms with E-state index in [9.17, 15) is 14.4 Å². The average molecular weight is 343 g/mol. The molecule has 2 aliphatic rings. The predicted octanol–water partition coefficient (Wildman–Crippen LogP) is 1.71. The molecule has 1 atom stereocenters. The molecule has 0 radical (unpaired) electrons. The lowest BCUT2D eigenvalue weighted by molar-refractivity contribution is -0.137. The van der Waals surface area contributed by atoms with Crippen molar-refractivity contribution in [3.63, 3.8) is 0 Å². The first-order valence-electron chi connectivity index (χ1n) is 8.77. The molecule has 1 aliphatic carbocycles. The van der Waals surface area contributed by atoms with Crippen molar-refractivity contribution >= 4 is 23.4 Å². The Morgan fingerprint density at radius 3 is 2.48 bits per heavy atom. The molecule has 6 heteroatoms. The second-order valence-electron chi connectivity index (χ2n) is 7.19. The topological polar surface area (TPSA) is 69.7 Å². The fourth-order valence-corrected chi connectivity index (χ4v) is 3.43. The van der Waals surface area contributed by atoms with Gasteiger partial charge < -0.3 is 15.1 Å². The largest absolute Gasteiger partial charge is 0.339 e. The van der Waals surface area contributed by atoms with E-state index in [1.54, 1.807) is 7.05 Å². The third-order valence-corrected chi connectivity index (χ3v) is 5.00. The molecular formula is C19H25N3O3. The number of anilines is 1. The molecule has 3 amide bonds. The van der Waals surface area contributed by atoms with E-state index in [0.717, 1.165) is 29.7 Å². The number of likely N-dealkylation sites (tertiary alicyclic amines) is 1. The highest BCUT2D eigenvalue weighted by molar-refractivity contribution is 5.97. The van der Waals surface area contributed by atoms with Crippen molar-refractivity contribution in [1.82, 2.24) is 9.80 Å². The van der Waals surface area contributed by atoms with Crippen LogP contribution in [0.25, 0.3) is 0 Å². The minimum Gasteiger partial charge on any atom is -0.339 e. The molecule has 0 spiro atoms. The molecule has 134 valence electrons. The number of carbonyl (C=O) groups excluding carboxylic acids is 3. The molecule has 0 bridgehead atoms. The summed E-state index contributed by atoms with van der Waals surface area (Å²) < 4.78 is 0. The zero-order valence-corrected chi connectivity index (χ0v) is 15.0. The van der Waals surface area contributed by atoms with E-state index in [2.05, 4.69) is 5.32 Å². The van der Waals surface area contributed by atoms with Crippen molar-refractivity contribution in [2.75, 3.05) is 25.5 Å². The number of hydrogen-bond donors (Lipinski definition) is 1. The molecule has 1 aliphatic heterocycles. The monoisotopic (exact) mass is 343 g/mol. The molecule has 1 N–H and O–H groups in total. The lowest BCUT2D eigenvalue weighted by Crippen LogP contribution is -2.39. The summed E-state index contributed by atoms with van der Waals surface area (Å²) in [5.41, 5.74) is 2.77. The van der Waals surface area contributed by atoms with Gasteiger partial charge in [-0.3, -0.25) is 14.4 Å². The van der Waals surface area contributed by atoms with Crippen molar-refractivity contribution in [3.05, 3.63) is 29.3 Å². The van der Waals surface area contributed by atoms with Gasteiger partial charge in [0.15, 0.2) is 0 Å². The molecule has 1 aromatic rings. The van der Waals surface area contributed by atoms with Crippen LogP contribution in [0.5, 0.6) is 0 Å². The zero-order chi connectivity index (χ0) is 18.1. The van der Waals surface area contributed by atoms with Crippen molar-refractivity contribution < 1.29 is 14.4 Å². The number of carbonyl (C=O) groups is 3. The Balaban J connectivity index is 1.56. The van der Waals surface area contributed by atoms with Crippen LogP contribution in [0.2, 0.25) is 0 Å². The number of rotatable bonds is 5. The van der Waals surface area contributed by atoms with Crippen LogP contribution >= 0.6 is 0 Å². The highest BCUT2D eigenvalue weighted by Crippen LogP contribution is 2.33. The lowest BCUT2D eigenvalue weighted by Gasteiger charge is -2.21. The third-order valence-electron chi connectivity index (χ3n) is 5.00. The number of nitrogens with one attached hydrogen (secondary N) is 1. The van der Waals surface area contributed by atoms with Gasteiger partial charge in [0.1, 0.15) is 0 Å². The van der Waals surface area contributed by atoms with E-state index in [1.165, 1.54) is 4.90 Å². The van der Waals surface area contributed by atoms with Gasteiger partial charge in [-0.15, -0.1) is 0 Å². The summed E-state index contributed by atoms with van der Waals surface area (Å²) in [6.45, 7) is 4.36. The maximum atomic E-state index is 12.6. The summed E-state index contributed by atoms with van der Waals surface area (Å²) in [5.74, 6) is -0.620. The first kappa shape index (κ1) is 17.5. The molecule has 1 heterocycles. The number of amides is 3. The van der Waals surface area contributed by atoms with E-state index in [1.807, 2.05) is 36.9 Å². The summed E-state index contributed by atoms with van der Waals surface area (Å²) in [5, 5.41) is 2.89. The van der Waals surface area contributed by atoms with Gasteiger partial charge in [0.25, 0.3) is 0 Å². The fraction of sp³-hybridized carbons (Fsp3) is 0.526. The maximum Gasteiger partial charge on any atom is 0.243 e. The molecule has 6 nitrogen and oxygen atoms in total. The average Bonchev–Trinajstić information content (AvgIpc) is 3.32. The number of aryl methyl sites for hydroxylation is 2. The van der Waals surface area contributed by atoms with Crippen LogP contribution in [-0.2, 0) is 14.4 Å². The minimum absolute atomic E-state index is 0.0132. The molecule has 0 aromatic heterocycles. The number of benzene rings is 1. The molecule has 0 unspecified atom stereocenters. The van der Waals surface area contributed by atoms with Gasteiger partial charge in [0.2, 0.25) is 17.7 Å². The molecule has 1 saturated carbocycles. The van der Waals surface area contributed by atoms with Crippen LogP contribution in [0, 0.1) is 19.8 Å². The fourth-order valence-electron chi connectivity index (χ4n) is 3.43. The van der Waals surface area contributed by atoms with Gasteiger partial charge >= 0.3 is 0 Å². The van der Waals surface area contributed by atoms with E-state index in [4.69, 9.17) is 0 Å². The van der Waals surface area contributed by atoms with Gasteiger partial charge in [0, 0.05) is 31.7 Å². The van der Waals surface area contributed by atoms with E-state index < -0.39 is 0 Å². The Labute approximate surface area is 148 Å². The highest BCUT2D eigenvalue weighted by atomic mass is 16.2. The highest BCUT2D eigenvalue weighted by Gasteiger charge is 2.42. The number of para-hydroxylation sites is 1. The molecule has 1 aromatic carbocycles. The minimum atomic E-state index is -0.328. The first-order valence-corrected chi connectivity index (χ1v) is 8.77. The van der Waals surface area contributed by atoms with Crippen LogP contribution in [-0.4, -0.2) is 53.7 Å². The van der Waals surface area contributed by atoms with Crippen LogP contribution < -0.4 is 5.32 Å². The molecule has 1 saturated heterocycles. The summed E-state index contributed by atoms with van der Waals surface area (Å²) in [6, 6.07) is 6.16. The number of likely N-dealkylation sites (N-methyl/N-ethyl adjacent to an activating group) is 1. The maximum absolute atomic E-state index is 12.6. The van der Waals surface area contributed by atoms with Crippen LogP contribution in [0.15, 0.2) is 18.2 Å². The molecular weight excluding hydrogens is 318 g/mol. The Bertz CT molecular complexity index is 692. The van der Waals surface area contributed by atoms with Crippen molar-refractivity contribution in [2.45, 2.75) is 39.2 Å². The van der Waals surface area contributed by atoms with Crippen molar-refractivity contribution in [3.8, 4) is 0 Å². The Morgan fingerprint density at radius 2 is 1.88 bits per heavy atom. The van der Waals surface area contributed by atoms with Gasteiger partial charge in [-0.2, -0.15) is 0 Å². The van der Waals surface area contributed by atoms with Crippen LogP contribution in [0.4, 0.5) is 5.69 Å². The number of hydrogen-bond acceptors (Lipinski definition) is 3. The van der Waals surface area contributed by atoms with E-state index in [-0.39, 0.29) is 36.6 Å². The Hall–Kier alpha value is -2.37.